The van der Waals surface area contributed by atoms with Crippen LogP contribution >= 0.6 is 27.5 Å². The highest BCUT2D eigenvalue weighted by atomic mass is 79.9. The zero-order chi connectivity index (χ0) is 13.6. The van der Waals surface area contributed by atoms with Crippen LogP contribution in [0.4, 0.5) is 0 Å². The lowest BCUT2D eigenvalue weighted by atomic mass is 9.78. The molecule has 0 bridgehead atoms. The number of alkyl halides is 1. The lowest BCUT2D eigenvalue weighted by Crippen LogP contribution is -2.21. The van der Waals surface area contributed by atoms with E-state index in [1.807, 2.05) is 0 Å². The summed E-state index contributed by atoms with van der Waals surface area (Å²) in [5.74, 6) is 1.59. The summed E-state index contributed by atoms with van der Waals surface area (Å²) < 4.78 is 6.95. The summed E-state index contributed by atoms with van der Waals surface area (Å²) in [5, 5.41) is 0.0573. The van der Waals surface area contributed by atoms with Crippen LogP contribution in [0.15, 0.2) is 16.6 Å². The first-order valence-corrected chi connectivity index (χ1v) is 8.31. The molecule has 1 aliphatic carbocycles. The molecular weight excluding hydrogens is 324 g/mol. The number of ether oxygens (including phenoxy) is 1. The van der Waals surface area contributed by atoms with Gasteiger partial charge in [0.25, 0.3) is 0 Å². The van der Waals surface area contributed by atoms with Gasteiger partial charge >= 0.3 is 0 Å². The number of hydrogen-bond acceptors (Lipinski definition) is 1. The van der Waals surface area contributed by atoms with Crippen LogP contribution in [0.3, 0.4) is 0 Å². The Labute approximate surface area is 128 Å². The van der Waals surface area contributed by atoms with E-state index in [4.69, 9.17) is 16.3 Å². The molecular formula is C16H20BrClO. The molecule has 1 nitrogen and oxygen atoms in total. The summed E-state index contributed by atoms with van der Waals surface area (Å²) in [4.78, 5) is 0. The second kappa shape index (κ2) is 4.96. The third-order valence-corrected chi connectivity index (χ3v) is 5.76. The highest BCUT2D eigenvalue weighted by molar-refractivity contribution is 9.10. The van der Waals surface area contributed by atoms with Crippen LogP contribution in [0.25, 0.3) is 0 Å². The van der Waals surface area contributed by atoms with Gasteiger partial charge in [0, 0.05) is 16.5 Å². The quantitative estimate of drug-likeness (QED) is 0.645. The van der Waals surface area contributed by atoms with Crippen molar-refractivity contribution in [2.45, 2.75) is 44.9 Å². The van der Waals surface area contributed by atoms with Crippen molar-refractivity contribution < 1.29 is 4.74 Å². The topological polar surface area (TPSA) is 9.23 Å². The lowest BCUT2D eigenvalue weighted by molar-refractivity contribution is 0.249. The fraction of sp³-hybridized carbons (Fsp3) is 0.625. The maximum atomic E-state index is 6.85. The van der Waals surface area contributed by atoms with Crippen molar-refractivity contribution in [2.75, 3.05) is 6.61 Å². The van der Waals surface area contributed by atoms with E-state index in [0.717, 1.165) is 23.2 Å². The van der Waals surface area contributed by atoms with Crippen molar-refractivity contribution in [2.24, 2.45) is 11.3 Å². The summed E-state index contributed by atoms with van der Waals surface area (Å²) in [6, 6.07) is 4.31. The van der Waals surface area contributed by atoms with E-state index in [-0.39, 0.29) is 5.38 Å². The minimum absolute atomic E-state index is 0.0573. The normalized spacial score (nSPS) is 26.0. The summed E-state index contributed by atoms with van der Waals surface area (Å²) in [5.41, 5.74) is 2.81. The van der Waals surface area contributed by atoms with E-state index in [2.05, 4.69) is 41.9 Å². The monoisotopic (exact) mass is 342 g/mol. The van der Waals surface area contributed by atoms with Crippen molar-refractivity contribution in [1.29, 1.82) is 0 Å². The Morgan fingerprint density at radius 2 is 2.21 bits per heavy atom. The Morgan fingerprint density at radius 3 is 2.89 bits per heavy atom. The number of rotatable bonds is 2. The predicted molar refractivity (Wildman–Crippen MR) is 83.1 cm³/mol. The van der Waals surface area contributed by atoms with E-state index in [0.29, 0.717) is 11.3 Å². The minimum atomic E-state index is 0.0573. The van der Waals surface area contributed by atoms with Crippen LogP contribution in [0.2, 0.25) is 0 Å². The van der Waals surface area contributed by atoms with Gasteiger partial charge in [-0.25, -0.2) is 0 Å². The van der Waals surface area contributed by atoms with E-state index in [1.54, 1.807) is 0 Å². The second-order valence-corrected chi connectivity index (χ2v) is 7.86. The van der Waals surface area contributed by atoms with Crippen LogP contribution in [0, 0.1) is 11.3 Å². The Balaban J connectivity index is 1.98. The molecule has 2 unspecified atom stereocenters. The molecule has 104 valence electrons. The maximum Gasteiger partial charge on any atom is 0.127 e. The summed E-state index contributed by atoms with van der Waals surface area (Å²) in [6.07, 6.45) is 4.79. The van der Waals surface area contributed by atoms with Gasteiger partial charge in [-0.05, 0) is 41.9 Å². The molecule has 0 aromatic heterocycles. The van der Waals surface area contributed by atoms with Gasteiger partial charge in [0.2, 0.25) is 0 Å². The highest BCUT2D eigenvalue weighted by Gasteiger charge is 2.40. The maximum absolute atomic E-state index is 6.85. The fourth-order valence-corrected chi connectivity index (χ4v) is 4.77. The highest BCUT2D eigenvalue weighted by Crippen LogP contribution is 2.53. The van der Waals surface area contributed by atoms with Crippen molar-refractivity contribution in [1.82, 2.24) is 0 Å². The van der Waals surface area contributed by atoms with Crippen LogP contribution < -0.4 is 4.74 Å². The zero-order valence-electron chi connectivity index (χ0n) is 11.5. The molecule has 2 atom stereocenters. The van der Waals surface area contributed by atoms with Crippen molar-refractivity contribution in [3.63, 3.8) is 0 Å². The van der Waals surface area contributed by atoms with E-state index in [1.165, 1.54) is 30.4 Å². The molecule has 1 heterocycles. The Morgan fingerprint density at radius 1 is 1.42 bits per heavy atom. The van der Waals surface area contributed by atoms with Crippen molar-refractivity contribution in [3.05, 3.63) is 27.7 Å². The summed E-state index contributed by atoms with van der Waals surface area (Å²) in [7, 11) is 0. The summed E-state index contributed by atoms with van der Waals surface area (Å²) >= 11 is 10.5. The Hall–Kier alpha value is -0.210. The van der Waals surface area contributed by atoms with Crippen LogP contribution in [0.1, 0.15) is 49.6 Å². The van der Waals surface area contributed by atoms with Gasteiger partial charge in [-0.2, -0.15) is 0 Å². The average molecular weight is 344 g/mol. The van der Waals surface area contributed by atoms with Gasteiger partial charge in [-0.1, -0.05) is 36.2 Å². The molecule has 1 fully saturated rings. The van der Waals surface area contributed by atoms with Gasteiger partial charge in [0.1, 0.15) is 5.75 Å². The third kappa shape index (κ3) is 2.42. The minimum Gasteiger partial charge on any atom is -0.493 e. The van der Waals surface area contributed by atoms with Crippen LogP contribution in [-0.4, -0.2) is 6.61 Å². The standard InChI is InChI=1S/C16H20BrClO/c1-16(2)6-3-4-13(16)14(18)12-9-11(17)8-10-5-7-19-15(10)12/h8-9,13-14H,3-7H2,1-2H3. The molecule has 0 amide bonds. The molecule has 1 saturated carbocycles. The van der Waals surface area contributed by atoms with Gasteiger partial charge in [-0.15, -0.1) is 11.6 Å². The number of hydrogen-bond donors (Lipinski definition) is 0. The lowest BCUT2D eigenvalue weighted by Gasteiger charge is -2.31. The Bertz CT molecular complexity index is 498. The van der Waals surface area contributed by atoms with Crippen LogP contribution in [-0.2, 0) is 6.42 Å². The zero-order valence-corrected chi connectivity index (χ0v) is 13.9. The van der Waals surface area contributed by atoms with Crippen LogP contribution in [0.5, 0.6) is 5.75 Å². The molecule has 2 aliphatic rings. The predicted octanol–water partition coefficient (Wildman–Crippen LogP) is 5.49. The van der Waals surface area contributed by atoms with E-state index < -0.39 is 0 Å². The first-order valence-electron chi connectivity index (χ1n) is 7.08. The van der Waals surface area contributed by atoms with Gasteiger partial charge in [0.15, 0.2) is 0 Å². The molecule has 0 saturated heterocycles. The summed E-state index contributed by atoms with van der Waals surface area (Å²) in [6.45, 7) is 5.48. The van der Waals surface area contributed by atoms with Gasteiger partial charge in [-0.3, -0.25) is 0 Å². The molecule has 0 N–H and O–H groups in total. The fourth-order valence-electron chi connectivity index (χ4n) is 3.62. The van der Waals surface area contributed by atoms with E-state index in [9.17, 15) is 0 Å². The van der Waals surface area contributed by atoms with Gasteiger partial charge < -0.3 is 4.74 Å². The number of halogens is 2. The number of fused-ring (bicyclic) bond motifs is 1. The third-order valence-electron chi connectivity index (χ3n) is 4.77. The molecule has 1 aromatic rings. The van der Waals surface area contributed by atoms with Gasteiger partial charge in [0.05, 0.1) is 12.0 Å². The molecule has 0 radical (unpaired) electrons. The average Bonchev–Trinajstić information content (AvgIpc) is 2.92. The molecule has 0 spiro atoms. The molecule has 3 rings (SSSR count). The smallest absolute Gasteiger partial charge is 0.127 e. The second-order valence-electron chi connectivity index (χ2n) is 6.47. The van der Waals surface area contributed by atoms with Crippen molar-refractivity contribution >= 4 is 27.5 Å². The number of benzene rings is 1. The first-order chi connectivity index (χ1) is 8.99. The SMILES string of the molecule is CC1(C)CCCC1C(Cl)c1cc(Br)cc2c1OCC2. The first kappa shape index (κ1) is 13.8. The van der Waals surface area contributed by atoms with Crippen molar-refractivity contribution in [3.8, 4) is 5.75 Å². The largest absolute Gasteiger partial charge is 0.493 e. The molecule has 19 heavy (non-hydrogen) atoms. The molecule has 1 aliphatic heterocycles. The molecule has 3 heteroatoms. The van der Waals surface area contributed by atoms with E-state index >= 15 is 0 Å². The Kier molecular flexibility index (Phi) is 3.59. The molecule has 1 aromatic carbocycles.